The van der Waals surface area contributed by atoms with Gasteiger partial charge in [-0.1, -0.05) is 18.2 Å². The molecule has 0 aliphatic carbocycles. The highest BCUT2D eigenvalue weighted by atomic mass is 16.3. The van der Waals surface area contributed by atoms with Crippen LogP contribution >= 0.6 is 0 Å². The van der Waals surface area contributed by atoms with Gasteiger partial charge in [0.2, 0.25) is 5.91 Å². The number of rotatable bonds is 4. The number of H-pyrrole nitrogens is 1. The maximum Gasteiger partial charge on any atom is 0.228 e. The lowest BCUT2D eigenvalue weighted by atomic mass is 10.2. The Morgan fingerprint density at radius 3 is 2.88 bits per heavy atom. The molecule has 0 radical (unpaired) electrons. The molecule has 0 saturated carbocycles. The van der Waals surface area contributed by atoms with Crippen molar-refractivity contribution in [1.82, 2.24) is 9.88 Å². The van der Waals surface area contributed by atoms with Crippen LogP contribution in [0.1, 0.15) is 5.69 Å². The van der Waals surface area contributed by atoms with Crippen molar-refractivity contribution in [2.75, 3.05) is 20.2 Å². The van der Waals surface area contributed by atoms with Gasteiger partial charge < -0.3 is 15.0 Å². The third kappa shape index (κ3) is 2.65. The van der Waals surface area contributed by atoms with Gasteiger partial charge in [0.05, 0.1) is 13.0 Å². The SMILES string of the molecule is CN(CCO)C(=O)Cc1cc2ccccc2[nH]1. The quantitative estimate of drug-likeness (QED) is 0.831. The third-order valence-corrected chi connectivity index (χ3v) is 2.79. The van der Waals surface area contributed by atoms with Crippen LogP contribution in [-0.4, -0.2) is 41.1 Å². The van der Waals surface area contributed by atoms with Crippen LogP contribution < -0.4 is 0 Å². The molecule has 1 aromatic carbocycles. The minimum atomic E-state index is -0.00502. The lowest BCUT2D eigenvalue weighted by Crippen LogP contribution is -2.30. The molecule has 1 aromatic heterocycles. The summed E-state index contributed by atoms with van der Waals surface area (Å²) in [6.07, 6.45) is 0.338. The summed E-state index contributed by atoms with van der Waals surface area (Å²) in [5.41, 5.74) is 1.95. The zero-order valence-electron chi connectivity index (χ0n) is 9.81. The molecule has 0 spiro atoms. The molecule has 0 unspecified atom stereocenters. The van der Waals surface area contributed by atoms with Crippen molar-refractivity contribution in [1.29, 1.82) is 0 Å². The molecule has 0 saturated heterocycles. The summed E-state index contributed by atoms with van der Waals surface area (Å²) in [6.45, 7) is 0.369. The molecular weight excluding hydrogens is 216 g/mol. The fraction of sp³-hybridized carbons (Fsp3) is 0.308. The Bertz CT molecular complexity index is 486. The van der Waals surface area contributed by atoms with Gasteiger partial charge in [0.25, 0.3) is 0 Å². The second kappa shape index (κ2) is 5.01. The number of fused-ring (bicyclic) bond motifs is 1. The number of aliphatic hydroxyl groups excluding tert-OH is 1. The van der Waals surface area contributed by atoms with Gasteiger partial charge in [-0.3, -0.25) is 4.79 Å². The molecular formula is C13H16N2O2. The number of aromatic amines is 1. The summed E-state index contributed by atoms with van der Waals surface area (Å²) in [4.78, 5) is 16.5. The molecule has 4 heteroatoms. The zero-order valence-corrected chi connectivity index (χ0v) is 9.81. The summed E-state index contributed by atoms with van der Waals surface area (Å²) in [5, 5.41) is 9.88. The number of para-hydroxylation sites is 1. The van der Waals surface area contributed by atoms with Crippen LogP contribution in [0.3, 0.4) is 0 Å². The van der Waals surface area contributed by atoms with E-state index in [2.05, 4.69) is 4.98 Å². The first-order valence-corrected chi connectivity index (χ1v) is 5.62. The number of carbonyl (C=O) groups excluding carboxylic acids is 1. The van der Waals surface area contributed by atoms with Crippen LogP contribution in [0.2, 0.25) is 0 Å². The summed E-state index contributed by atoms with van der Waals surface area (Å²) < 4.78 is 0. The third-order valence-electron chi connectivity index (χ3n) is 2.79. The number of likely N-dealkylation sites (N-methyl/N-ethyl adjacent to an activating group) is 1. The average molecular weight is 232 g/mol. The lowest BCUT2D eigenvalue weighted by molar-refractivity contribution is -0.129. The van der Waals surface area contributed by atoms with Gasteiger partial charge in [-0.05, 0) is 17.5 Å². The molecule has 2 N–H and O–H groups in total. The van der Waals surface area contributed by atoms with E-state index in [1.807, 2.05) is 30.3 Å². The minimum Gasteiger partial charge on any atom is -0.395 e. The van der Waals surface area contributed by atoms with E-state index in [1.165, 1.54) is 4.90 Å². The Morgan fingerprint density at radius 1 is 1.41 bits per heavy atom. The van der Waals surface area contributed by atoms with Crippen molar-refractivity contribution in [2.45, 2.75) is 6.42 Å². The van der Waals surface area contributed by atoms with Crippen molar-refractivity contribution in [3.8, 4) is 0 Å². The normalized spacial score (nSPS) is 10.7. The number of hydrogen-bond acceptors (Lipinski definition) is 2. The molecule has 90 valence electrons. The zero-order chi connectivity index (χ0) is 12.3. The summed E-state index contributed by atoms with van der Waals surface area (Å²) in [5.74, 6) is 0.00519. The van der Waals surface area contributed by atoms with Gasteiger partial charge in [0.15, 0.2) is 0 Å². The van der Waals surface area contributed by atoms with Gasteiger partial charge in [0, 0.05) is 24.8 Å². The van der Waals surface area contributed by atoms with Gasteiger partial charge in [-0.15, -0.1) is 0 Å². The van der Waals surface area contributed by atoms with Crippen LogP contribution in [0.25, 0.3) is 10.9 Å². The number of benzene rings is 1. The van der Waals surface area contributed by atoms with Crippen LogP contribution in [0.5, 0.6) is 0 Å². The molecule has 0 atom stereocenters. The average Bonchev–Trinajstić information content (AvgIpc) is 2.71. The van der Waals surface area contributed by atoms with E-state index in [4.69, 9.17) is 5.11 Å². The predicted octanol–water partition coefficient (Wildman–Crippen LogP) is 1.16. The van der Waals surface area contributed by atoms with E-state index in [1.54, 1.807) is 7.05 Å². The van der Waals surface area contributed by atoms with Crippen LogP contribution in [0.15, 0.2) is 30.3 Å². The predicted molar refractivity (Wildman–Crippen MR) is 66.7 cm³/mol. The van der Waals surface area contributed by atoms with Gasteiger partial charge in [-0.2, -0.15) is 0 Å². The summed E-state index contributed by atoms with van der Waals surface area (Å²) in [6, 6.07) is 9.92. The molecule has 0 bridgehead atoms. The molecule has 0 fully saturated rings. The number of aromatic nitrogens is 1. The van der Waals surface area contributed by atoms with E-state index < -0.39 is 0 Å². The molecule has 17 heavy (non-hydrogen) atoms. The van der Waals surface area contributed by atoms with E-state index in [9.17, 15) is 4.79 Å². The highest BCUT2D eigenvalue weighted by Gasteiger charge is 2.10. The second-order valence-electron chi connectivity index (χ2n) is 4.10. The Balaban J connectivity index is 2.10. The largest absolute Gasteiger partial charge is 0.395 e. The van der Waals surface area contributed by atoms with E-state index >= 15 is 0 Å². The van der Waals surface area contributed by atoms with Crippen molar-refractivity contribution in [3.63, 3.8) is 0 Å². The molecule has 4 nitrogen and oxygen atoms in total. The van der Waals surface area contributed by atoms with Crippen molar-refractivity contribution in [3.05, 3.63) is 36.0 Å². The van der Waals surface area contributed by atoms with E-state index in [0.717, 1.165) is 16.6 Å². The molecule has 1 amide bonds. The number of nitrogens with one attached hydrogen (secondary N) is 1. The number of amides is 1. The number of hydrogen-bond donors (Lipinski definition) is 2. The smallest absolute Gasteiger partial charge is 0.228 e. The highest BCUT2D eigenvalue weighted by Crippen LogP contribution is 2.15. The van der Waals surface area contributed by atoms with Gasteiger partial charge in [0.1, 0.15) is 0 Å². The van der Waals surface area contributed by atoms with Gasteiger partial charge >= 0.3 is 0 Å². The van der Waals surface area contributed by atoms with E-state index in [0.29, 0.717) is 13.0 Å². The number of nitrogens with zero attached hydrogens (tertiary/aromatic N) is 1. The first-order chi connectivity index (χ1) is 8.20. The molecule has 1 heterocycles. The highest BCUT2D eigenvalue weighted by molar-refractivity contribution is 5.83. The summed E-state index contributed by atoms with van der Waals surface area (Å²) >= 11 is 0. The Morgan fingerprint density at radius 2 is 2.18 bits per heavy atom. The number of carbonyl (C=O) groups is 1. The van der Waals surface area contributed by atoms with Gasteiger partial charge in [-0.25, -0.2) is 0 Å². The first-order valence-electron chi connectivity index (χ1n) is 5.62. The lowest BCUT2D eigenvalue weighted by Gasteiger charge is -2.14. The topological polar surface area (TPSA) is 56.3 Å². The Kier molecular flexibility index (Phi) is 3.44. The first kappa shape index (κ1) is 11.7. The number of aliphatic hydroxyl groups is 1. The Hall–Kier alpha value is -1.81. The van der Waals surface area contributed by atoms with Crippen molar-refractivity contribution < 1.29 is 9.90 Å². The monoisotopic (exact) mass is 232 g/mol. The van der Waals surface area contributed by atoms with Crippen molar-refractivity contribution in [2.24, 2.45) is 0 Å². The molecule has 0 aliphatic heterocycles. The second-order valence-corrected chi connectivity index (χ2v) is 4.10. The van der Waals surface area contributed by atoms with Crippen LogP contribution in [-0.2, 0) is 11.2 Å². The maximum absolute atomic E-state index is 11.8. The Labute approximate surface area is 99.9 Å². The fourth-order valence-electron chi connectivity index (χ4n) is 1.80. The van der Waals surface area contributed by atoms with Crippen LogP contribution in [0.4, 0.5) is 0 Å². The molecule has 0 aliphatic rings. The summed E-state index contributed by atoms with van der Waals surface area (Å²) in [7, 11) is 1.70. The fourth-order valence-corrected chi connectivity index (χ4v) is 1.80. The standard InChI is InChI=1S/C13H16N2O2/c1-15(6-7-16)13(17)9-11-8-10-4-2-3-5-12(10)14-11/h2-5,8,14,16H,6-7,9H2,1H3. The maximum atomic E-state index is 11.8. The van der Waals surface area contributed by atoms with E-state index in [-0.39, 0.29) is 12.5 Å². The molecule has 2 rings (SSSR count). The van der Waals surface area contributed by atoms with Crippen molar-refractivity contribution >= 4 is 16.8 Å². The molecule has 2 aromatic rings. The van der Waals surface area contributed by atoms with Crippen LogP contribution in [0, 0.1) is 0 Å². The minimum absolute atomic E-state index is 0.00502.